The lowest BCUT2D eigenvalue weighted by Gasteiger charge is -2.50. The average Bonchev–Trinajstić information content (AvgIpc) is 3.44. The minimum Gasteiger partial charge on any atom is -0.325 e. The normalized spacial score (nSPS) is 19.7. The van der Waals surface area contributed by atoms with Crippen LogP contribution < -0.4 is 0 Å². The van der Waals surface area contributed by atoms with Crippen molar-refractivity contribution >= 4 is 11.3 Å². The molecule has 1 saturated heterocycles. The minimum absolute atomic E-state index is 0.0648. The summed E-state index contributed by atoms with van der Waals surface area (Å²) >= 11 is 1.93. The maximum Gasteiger partial charge on any atom is 0.129 e. The molecule has 29 heavy (non-hydrogen) atoms. The molecule has 1 spiro atoms. The van der Waals surface area contributed by atoms with Crippen LogP contribution in [0.4, 0.5) is 0 Å². The van der Waals surface area contributed by atoms with Crippen LogP contribution in [0.3, 0.4) is 0 Å². The second-order valence-corrected chi connectivity index (χ2v) is 9.79. The number of imidazole rings is 1. The molecular formula is C22H30N6S. The van der Waals surface area contributed by atoms with Crippen LogP contribution in [0.5, 0.6) is 0 Å². The maximum atomic E-state index is 5.00. The number of nitrogens with zero attached hydrogens (tertiary/aromatic N) is 6. The molecule has 0 bridgehead atoms. The smallest absolute Gasteiger partial charge is 0.129 e. The zero-order valence-electron chi connectivity index (χ0n) is 17.6. The molecule has 0 amide bonds. The molecule has 154 valence electrons. The van der Waals surface area contributed by atoms with Crippen LogP contribution >= 0.6 is 11.3 Å². The first kappa shape index (κ1) is 19.0. The van der Waals surface area contributed by atoms with Crippen LogP contribution in [0.15, 0.2) is 30.7 Å². The van der Waals surface area contributed by atoms with Crippen molar-refractivity contribution in [3.8, 4) is 11.3 Å². The number of rotatable bonds is 4. The fourth-order valence-corrected chi connectivity index (χ4v) is 6.14. The number of fused-ring (bicyclic) bond motifs is 2. The van der Waals surface area contributed by atoms with Crippen molar-refractivity contribution in [3.05, 3.63) is 46.3 Å². The van der Waals surface area contributed by atoms with Crippen molar-refractivity contribution in [1.82, 2.24) is 29.1 Å². The van der Waals surface area contributed by atoms with Crippen LogP contribution in [0.1, 0.15) is 35.3 Å². The third-order valence-corrected chi connectivity index (χ3v) is 7.70. The standard InChI is InChI=1S/C22H30N6S/c1-4-27-11-12-28-20(18-13-24-25(3)15-18)14-23-21(28)22(27)7-9-26(10-8-22)16-19-6-5-17(2)29-19/h5-6,13-15H,4,7-12,16H2,1-3H3. The lowest BCUT2D eigenvalue weighted by molar-refractivity contribution is -0.00751. The average molecular weight is 411 g/mol. The van der Waals surface area contributed by atoms with E-state index in [1.165, 1.54) is 21.3 Å². The summed E-state index contributed by atoms with van der Waals surface area (Å²) in [5.41, 5.74) is 2.44. The monoisotopic (exact) mass is 410 g/mol. The lowest BCUT2D eigenvalue weighted by Crippen LogP contribution is -2.57. The number of aryl methyl sites for hydroxylation is 2. The van der Waals surface area contributed by atoms with Crippen molar-refractivity contribution in [3.63, 3.8) is 0 Å². The van der Waals surface area contributed by atoms with Crippen molar-refractivity contribution in [2.75, 3.05) is 26.2 Å². The van der Waals surface area contributed by atoms with Gasteiger partial charge in [0.1, 0.15) is 5.82 Å². The van der Waals surface area contributed by atoms with Gasteiger partial charge in [-0.3, -0.25) is 14.5 Å². The molecule has 3 aromatic rings. The molecule has 0 aliphatic carbocycles. The van der Waals surface area contributed by atoms with Crippen molar-refractivity contribution in [1.29, 1.82) is 0 Å². The van der Waals surface area contributed by atoms with Gasteiger partial charge in [-0.25, -0.2) is 4.98 Å². The summed E-state index contributed by atoms with van der Waals surface area (Å²) in [4.78, 5) is 13.2. The van der Waals surface area contributed by atoms with E-state index < -0.39 is 0 Å². The van der Waals surface area contributed by atoms with E-state index in [-0.39, 0.29) is 5.54 Å². The Kier molecular flexibility index (Phi) is 4.84. The summed E-state index contributed by atoms with van der Waals surface area (Å²) in [6, 6.07) is 4.53. The molecule has 2 aliphatic heterocycles. The highest BCUT2D eigenvalue weighted by molar-refractivity contribution is 7.11. The first-order valence-corrected chi connectivity index (χ1v) is 11.5. The third kappa shape index (κ3) is 3.25. The zero-order chi connectivity index (χ0) is 20.0. The Morgan fingerprint density at radius 2 is 1.93 bits per heavy atom. The molecule has 2 aliphatic rings. The Morgan fingerprint density at radius 1 is 1.10 bits per heavy atom. The van der Waals surface area contributed by atoms with E-state index in [1.54, 1.807) is 0 Å². The number of likely N-dealkylation sites (tertiary alicyclic amines) is 1. The fourth-order valence-electron chi connectivity index (χ4n) is 5.21. The van der Waals surface area contributed by atoms with Gasteiger partial charge in [-0.15, -0.1) is 11.3 Å². The summed E-state index contributed by atoms with van der Waals surface area (Å²) < 4.78 is 4.33. The van der Waals surface area contributed by atoms with Gasteiger partial charge in [-0.2, -0.15) is 5.10 Å². The molecule has 1 fully saturated rings. The first-order chi connectivity index (χ1) is 14.1. The Labute approximate surface area is 176 Å². The molecule has 6 nitrogen and oxygen atoms in total. The molecule has 0 atom stereocenters. The number of hydrogen-bond acceptors (Lipinski definition) is 5. The van der Waals surface area contributed by atoms with Crippen molar-refractivity contribution < 1.29 is 0 Å². The Hall–Kier alpha value is -1.96. The zero-order valence-corrected chi connectivity index (χ0v) is 18.5. The second-order valence-electron chi connectivity index (χ2n) is 8.42. The Morgan fingerprint density at radius 3 is 2.59 bits per heavy atom. The molecule has 7 heteroatoms. The van der Waals surface area contributed by atoms with Gasteiger partial charge >= 0.3 is 0 Å². The van der Waals surface area contributed by atoms with Crippen molar-refractivity contribution in [2.24, 2.45) is 7.05 Å². The number of likely N-dealkylation sites (N-methyl/N-ethyl adjacent to an activating group) is 1. The van der Waals surface area contributed by atoms with Gasteiger partial charge in [0, 0.05) is 61.3 Å². The van der Waals surface area contributed by atoms with E-state index in [4.69, 9.17) is 4.98 Å². The van der Waals surface area contributed by atoms with Crippen molar-refractivity contribution in [2.45, 2.75) is 45.3 Å². The van der Waals surface area contributed by atoms with Crippen LogP contribution in [0, 0.1) is 6.92 Å². The minimum atomic E-state index is 0.0648. The molecule has 0 saturated carbocycles. The predicted octanol–water partition coefficient (Wildman–Crippen LogP) is 3.48. The van der Waals surface area contributed by atoms with E-state index in [0.29, 0.717) is 0 Å². The SMILES string of the molecule is CCN1CCn2c(-c3cnn(C)c3)cnc2C12CCN(Cc1ccc(C)s1)CC2. The molecule has 5 rings (SSSR count). The molecular weight excluding hydrogens is 380 g/mol. The van der Waals surface area contributed by atoms with E-state index in [1.807, 2.05) is 29.3 Å². The van der Waals surface area contributed by atoms with Crippen LogP contribution in [0.2, 0.25) is 0 Å². The van der Waals surface area contributed by atoms with E-state index in [2.05, 4.69) is 57.8 Å². The third-order valence-electron chi connectivity index (χ3n) is 6.71. The molecule has 0 N–H and O–H groups in total. The number of thiophene rings is 1. The maximum absolute atomic E-state index is 5.00. The number of hydrogen-bond donors (Lipinski definition) is 0. The second kappa shape index (κ2) is 7.38. The Bertz CT molecular complexity index is 991. The van der Waals surface area contributed by atoms with Gasteiger partial charge in [0.05, 0.1) is 23.6 Å². The lowest BCUT2D eigenvalue weighted by atomic mass is 9.83. The van der Waals surface area contributed by atoms with E-state index >= 15 is 0 Å². The summed E-state index contributed by atoms with van der Waals surface area (Å²) in [7, 11) is 1.97. The number of piperidine rings is 1. The molecule has 0 aromatic carbocycles. The number of aromatic nitrogens is 4. The highest BCUT2D eigenvalue weighted by Crippen LogP contribution is 2.42. The topological polar surface area (TPSA) is 42.1 Å². The van der Waals surface area contributed by atoms with Gasteiger partial charge in [0.2, 0.25) is 0 Å². The highest BCUT2D eigenvalue weighted by atomic mass is 32.1. The molecule has 3 aromatic heterocycles. The van der Waals surface area contributed by atoms with Crippen LogP contribution in [0.25, 0.3) is 11.3 Å². The largest absolute Gasteiger partial charge is 0.325 e. The van der Waals surface area contributed by atoms with Gasteiger partial charge in [-0.1, -0.05) is 6.92 Å². The fraction of sp³-hybridized carbons (Fsp3) is 0.545. The van der Waals surface area contributed by atoms with E-state index in [0.717, 1.165) is 57.7 Å². The van der Waals surface area contributed by atoms with Crippen LogP contribution in [-0.4, -0.2) is 55.3 Å². The van der Waals surface area contributed by atoms with Gasteiger partial charge in [0.15, 0.2) is 0 Å². The van der Waals surface area contributed by atoms with Gasteiger partial charge in [0.25, 0.3) is 0 Å². The summed E-state index contributed by atoms with van der Waals surface area (Å²) in [5.74, 6) is 1.26. The van der Waals surface area contributed by atoms with Gasteiger partial charge in [-0.05, 0) is 38.4 Å². The van der Waals surface area contributed by atoms with Crippen LogP contribution in [-0.2, 0) is 25.7 Å². The summed E-state index contributed by atoms with van der Waals surface area (Å²) in [5, 5.41) is 4.37. The summed E-state index contributed by atoms with van der Waals surface area (Å²) in [6.45, 7) is 11.0. The van der Waals surface area contributed by atoms with E-state index in [9.17, 15) is 0 Å². The highest BCUT2D eigenvalue weighted by Gasteiger charge is 2.46. The quantitative estimate of drug-likeness (QED) is 0.660. The Balaban J connectivity index is 1.41. The predicted molar refractivity (Wildman–Crippen MR) is 117 cm³/mol. The first-order valence-electron chi connectivity index (χ1n) is 10.7. The molecule has 0 unspecified atom stereocenters. The van der Waals surface area contributed by atoms with Gasteiger partial charge < -0.3 is 4.57 Å². The summed E-state index contributed by atoms with van der Waals surface area (Å²) in [6.07, 6.45) is 8.40. The molecule has 0 radical (unpaired) electrons. The molecule has 5 heterocycles.